The first kappa shape index (κ1) is 11.7. The van der Waals surface area contributed by atoms with Gasteiger partial charge in [-0.3, -0.25) is 0 Å². The van der Waals surface area contributed by atoms with Gasteiger partial charge in [-0.15, -0.1) is 6.58 Å². The molecule has 0 aliphatic heterocycles. The van der Waals surface area contributed by atoms with Crippen LogP contribution in [0.25, 0.3) is 0 Å². The standard InChI is InChI=1S/C12H16FNO/c1-4-7-14(3)12-6-5-10(13)8-11(12)9(2)15/h4-6,8-9,15H,1,7H2,2-3H3/t9-/m1/s1. The van der Waals surface area contributed by atoms with Crippen molar-refractivity contribution in [2.75, 3.05) is 18.5 Å². The summed E-state index contributed by atoms with van der Waals surface area (Å²) in [5.41, 5.74) is 1.42. The lowest BCUT2D eigenvalue weighted by molar-refractivity contribution is 0.199. The molecule has 1 aromatic rings. The third kappa shape index (κ3) is 2.80. The molecule has 0 radical (unpaired) electrons. The lowest BCUT2D eigenvalue weighted by atomic mass is 10.1. The molecular formula is C12H16FNO. The first-order valence-electron chi connectivity index (χ1n) is 4.85. The fourth-order valence-corrected chi connectivity index (χ4v) is 1.50. The first-order valence-corrected chi connectivity index (χ1v) is 4.85. The van der Waals surface area contributed by atoms with Gasteiger partial charge in [-0.25, -0.2) is 4.39 Å². The van der Waals surface area contributed by atoms with Gasteiger partial charge < -0.3 is 10.0 Å². The van der Waals surface area contributed by atoms with E-state index < -0.39 is 6.10 Å². The number of hydrogen-bond acceptors (Lipinski definition) is 2. The zero-order valence-corrected chi connectivity index (χ0v) is 9.07. The maximum atomic E-state index is 13.0. The van der Waals surface area contributed by atoms with E-state index in [1.165, 1.54) is 12.1 Å². The van der Waals surface area contributed by atoms with Gasteiger partial charge in [0.1, 0.15) is 5.82 Å². The predicted molar refractivity (Wildman–Crippen MR) is 60.5 cm³/mol. The molecule has 0 saturated carbocycles. The molecule has 0 aliphatic rings. The van der Waals surface area contributed by atoms with E-state index in [9.17, 15) is 9.50 Å². The highest BCUT2D eigenvalue weighted by atomic mass is 19.1. The highest BCUT2D eigenvalue weighted by Crippen LogP contribution is 2.26. The van der Waals surface area contributed by atoms with E-state index in [2.05, 4.69) is 6.58 Å². The number of rotatable bonds is 4. The van der Waals surface area contributed by atoms with Gasteiger partial charge in [0.2, 0.25) is 0 Å². The third-order valence-corrected chi connectivity index (χ3v) is 2.25. The summed E-state index contributed by atoms with van der Waals surface area (Å²) >= 11 is 0. The van der Waals surface area contributed by atoms with Crippen LogP contribution in [0, 0.1) is 5.82 Å². The van der Waals surface area contributed by atoms with Crippen molar-refractivity contribution in [1.82, 2.24) is 0 Å². The molecular weight excluding hydrogens is 193 g/mol. The van der Waals surface area contributed by atoms with Crippen LogP contribution in [0.15, 0.2) is 30.9 Å². The second-order valence-corrected chi connectivity index (χ2v) is 3.55. The zero-order valence-electron chi connectivity index (χ0n) is 9.07. The second-order valence-electron chi connectivity index (χ2n) is 3.55. The highest BCUT2D eigenvalue weighted by Gasteiger charge is 2.11. The summed E-state index contributed by atoms with van der Waals surface area (Å²) < 4.78 is 13.0. The van der Waals surface area contributed by atoms with Gasteiger partial charge in [0.25, 0.3) is 0 Å². The normalized spacial score (nSPS) is 12.3. The summed E-state index contributed by atoms with van der Waals surface area (Å²) in [6.07, 6.45) is 1.08. The molecule has 0 aromatic heterocycles. The van der Waals surface area contributed by atoms with Crippen molar-refractivity contribution in [1.29, 1.82) is 0 Å². The third-order valence-electron chi connectivity index (χ3n) is 2.25. The molecule has 1 N–H and O–H groups in total. The van der Waals surface area contributed by atoms with E-state index in [1.54, 1.807) is 19.1 Å². The van der Waals surface area contributed by atoms with Crippen molar-refractivity contribution >= 4 is 5.69 Å². The summed E-state index contributed by atoms with van der Waals surface area (Å²) in [6, 6.07) is 4.42. The summed E-state index contributed by atoms with van der Waals surface area (Å²) in [6.45, 7) is 5.92. The molecule has 0 bridgehead atoms. The fraction of sp³-hybridized carbons (Fsp3) is 0.333. The van der Waals surface area contributed by atoms with E-state index >= 15 is 0 Å². The first-order chi connectivity index (χ1) is 7.06. The molecule has 1 aromatic carbocycles. The summed E-state index contributed by atoms with van der Waals surface area (Å²) in [5, 5.41) is 9.53. The van der Waals surface area contributed by atoms with E-state index in [-0.39, 0.29) is 5.82 Å². The molecule has 15 heavy (non-hydrogen) atoms. The molecule has 0 amide bonds. The minimum Gasteiger partial charge on any atom is -0.389 e. The largest absolute Gasteiger partial charge is 0.389 e. The Morgan fingerprint density at radius 2 is 2.27 bits per heavy atom. The predicted octanol–water partition coefficient (Wildman–Crippen LogP) is 2.50. The number of aliphatic hydroxyl groups is 1. The Labute approximate surface area is 89.7 Å². The molecule has 0 heterocycles. The van der Waals surface area contributed by atoms with Crippen molar-refractivity contribution in [2.45, 2.75) is 13.0 Å². The van der Waals surface area contributed by atoms with Crippen LogP contribution < -0.4 is 4.90 Å². The van der Waals surface area contributed by atoms with E-state index in [0.29, 0.717) is 12.1 Å². The van der Waals surface area contributed by atoms with Crippen molar-refractivity contribution in [3.8, 4) is 0 Å². The maximum absolute atomic E-state index is 13.0. The number of anilines is 1. The van der Waals surface area contributed by atoms with Crippen LogP contribution in [0.1, 0.15) is 18.6 Å². The van der Waals surface area contributed by atoms with E-state index in [4.69, 9.17) is 0 Å². The van der Waals surface area contributed by atoms with Crippen molar-refractivity contribution in [3.05, 3.63) is 42.2 Å². The Morgan fingerprint density at radius 1 is 1.60 bits per heavy atom. The molecule has 0 spiro atoms. The molecule has 3 heteroatoms. The molecule has 0 saturated heterocycles. The van der Waals surface area contributed by atoms with Crippen molar-refractivity contribution in [3.63, 3.8) is 0 Å². The topological polar surface area (TPSA) is 23.5 Å². The SMILES string of the molecule is C=CCN(C)c1ccc(F)cc1[C@@H](C)O. The van der Waals surface area contributed by atoms with Gasteiger partial charge in [-0.1, -0.05) is 6.08 Å². The van der Waals surface area contributed by atoms with Crippen LogP contribution in [0.4, 0.5) is 10.1 Å². The van der Waals surface area contributed by atoms with E-state index in [1.807, 2.05) is 11.9 Å². The fourth-order valence-electron chi connectivity index (χ4n) is 1.50. The van der Waals surface area contributed by atoms with Crippen molar-refractivity contribution in [2.24, 2.45) is 0 Å². The van der Waals surface area contributed by atoms with Crippen LogP contribution in [-0.4, -0.2) is 18.7 Å². The Morgan fingerprint density at radius 3 is 2.80 bits per heavy atom. The summed E-state index contributed by atoms with van der Waals surface area (Å²) in [7, 11) is 1.88. The quantitative estimate of drug-likeness (QED) is 0.770. The van der Waals surface area contributed by atoms with E-state index in [0.717, 1.165) is 5.69 Å². The Balaban J connectivity index is 3.10. The van der Waals surface area contributed by atoms with Gasteiger partial charge in [-0.05, 0) is 25.1 Å². The van der Waals surface area contributed by atoms with Crippen LogP contribution in [-0.2, 0) is 0 Å². The zero-order chi connectivity index (χ0) is 11.4. The minimum atomic E-state index is -0.678. The number of nitrogens with zero attached hydrogens (tertiary/aromatic N) is 1. The number of hydrogen-bond donors (Lipinski definition) is 1. The molecule has 1 rings (SSSR count). The van der Waals surface area contributed by atoms with Gasteiger partial charge in [0.05, 0.1) is 6.10 Å². The molecule has 0 aliphatic carbocycles. The smallest absolute Gasteiger partial charge is 0.123 e. The van der Waals surface area contributed by atoms with Gasteiger partial charge in [0, 0.05) is 24.8 Å². The van der Waals surface area contributed by atoms with Crippen LogP contribution in [0.2, 0.25) is 0 Å². The second kappa shape index (κ2) is 4.94. The highest BCUT2D eigenvalue weighted by molar-refractivity contribution is 5.54. The van der Waals surface area contributed by atoms with Gasteiger partial charge in [-0.2, -0.15) is 0 Å². The average Bonchev–Trinajstić information content (AvgIpc) is 2.17. The van der Waals surface area contributed by atoms with Crippen LogP contribution >= 0.6 is 0 Å². The van der Waals surface area contributed by atoms with Gasteiger partial charge in [0.15, 0.2) is 0 Å². The Bertz CT molecular complexity index is 349. The summed E-state index contributed by atoms with van der Waals surface area (Å²) in [5.74, 6) is -0.332. The van der Waals surface area contributed by atoms with Crippen LogP contribution in [0.3, 0.4) is 0 Å². The Kier molecular flexibility index (Phi) is 3.86. The van der Waals surface area contributed by atoms with Gasteiger partial charge >= 0.3 is 0 Å². The monoisotopic (exact) mass is 209 g/mol. The number of likely N-dealkylation sites (N-methyl/N-ethyl adjacent to an activating group) is 1. The lowest BCUT2D eigenvalue weighted by Crippen LogP contribution is -2.19. The average molecular weight is 209 g/mol. The Hall–Kier alpha value is -1.35. The van der Waals surface area contributed by atoms with Crippen LogP contribution in [0.5, 0.6) is 0 Å². The number of benzene rings is 1. The molecule has 2 nitrogen and oxygen atoms in total. The number of halogens is 1. The number of aliphatic hydroxyl groups excluding tert-OH is 1. The molecule has 1 atom stereocenters. The lowest BCUT2D eigenvalue weighted by Gasteiger charge is -2.22. The maximum Gasteiger partial charge on any atom is 0.123 e. The molecule has 0 unspecified atom stereocenters. The minimum absolute atomic E-state index is 0.332. The molecule has 0 fully saturated rings. The molecule has 82 valence electrons. The van der Waals surface area contributed by atoms with Crippen molar-refractivity contribution < 1.29 is 9.50 Å². The summed E-state index contributed by atoms with van der Waals surface area (Å²) in [4.78, 5) is 1.91.